The van der Waals surface area contributed by atoms with Gasteiger partial charge in [0.05, 0.1) is 18.8 Å². The van der Waals surface area contributed by atoms with Crippen molar-refractivity contribution in [2.24, 2.45) is 11.8 Å². The van der Waals surface area contributed by atoms with E-state index < -0.39 is 6.23 Å². The van der Waals surface area contributed by atoms with E-state index in [1.165, 1.54) is 0 Å². The van der Waals surface area contributed by atoms with E-state index in [9.17, 15) is 10.4 Å². The molecule has 4 atom stereocenters. The molecule has 2 fully saturated rings. The number of benzene rings is 1. The van der Waals surface area contributed by atoms with E-state index in [2.05, 4.69) is 46.3 Å². The zero-order valence-electron chi connectivity index (χ0n) is 18.8. The molecule has 7 heteroatoms. The minimum Gasteiger partial charge on any atom is -0.489 e. The van der Waals surface area contributed by atoms with Crippen LogP contribution in [0.5, 0.6) is 5.75 Å². The second kappa shape index (κ2) is 8.80. The average Bonchev–Trinajstić information content (AvgIpc) is 3.48. The molecule has 1 aromatic carbocycles. The van der Waals surface area contributed by atoms with E-state index in [-0.39, 0.29) is 18.2 Å². The molecule has 0 radical (unpaired) electrons. The summed E-state index contributed by atoms with van der Waals surface area (Å²) in [6, 6.07) is 8.17. The molecule has 174 valence electrons. The Labute approximate surface area is 199 Å². The fraction of sp³-hybridized carbons (Fsp3) is 0.370. The summed E-state index contributed by atoms with van der Waals surface area (Å²) >= 11 is 0. The minimum absolute atomic E-state index is 0.0441. The Morgan fingerprint density at radius 3 is 2.91 bits per heavy atom. The first-order valence-corrected chi connectivity index (χ1v) is 12.0. The third-order valence-electron chi connectivity index (χ3n) is 7.24. The van der Waals surface area contributed by atoms with Crippen LogP contribution in [-0.2, 0) is 4.74 Å². The van der Waals surface area contributed by atoms with Crippen LogP contribution in [0.1, 0.15) is 24.0 Å². The normalized spacial score (nSPS) is 30.0. The number of hydrogen-bond donors (Lipinski definition) is 4. The van der Waals surface area contributed by atoms with Crippen molar-refractivity contribution in [3.63, 3.8) is 0 Å². The predicted molar refractivity (Wildman–Crippen MR) is 128 cm³/mol. The van der Waals surface area contributed by atoms with Gasteiger partial charge in [-0.05, 0) is 53.1 Å². The van der Waals surface area contributed by atoms with Crippen LogP contribution in [0.15, 0.2) is 71.6 Å². The minimum atomic E-state index is -0.505. The molecule has 34 heavy (non-hydrogen) atoms. The van der Waals surface area contributed by atoms with Crippen LogP contribution >= 0.6 is 0 Å². The van der Waals surface area contributed by atoms with Crippen LogP contribution in [0.2, 0.25) is 0 Å². The molecule has 4 N–H and O–H groups in total. The van der Waals surface area contributed by atoms with Crippen LogP contribution < -0.4 is 20.7 Å². The molecule has 6 rings (SSSR count). The first-order valence-electron chi connectivity index (χ1n) is 12.0. The van der Waals surface area contributed by atoms with Crippen molar-refractivity contribution in [2.75, 3.05) is 19.8 Å². The molecule has 0 saturated carbocycles. The third kappa shape index (κ3) is 3.84. The number of aliphatic hydroxyl groups excluding tert-OH is 1. The number of fused-ring (bicyclic) bond motifs is 2. The Morgan fingerprint density at radius 2 is 2.06 bits per heavy atom. The van der Waals surface area contributed by atoms with E-state index in [0.717, 1.165) is 47.4 Å². The maximum atomic E-state index is 10.3. The van der Waals surface area contributed by atoms with Crippen molar-refractivity contribution in [3.8, 4) is 11.8 Å². The van der Waals surface area contributed by atoms with E-state index in [0.29, 0.717) is 30.4 Å². The molecule has 1 aromatic rings. The maximum Gasteiger partial charge on any atom is 0.137 e. The smallest absolute Gasteiger partial charge is 0.137 e. The fourth-order valence-electron chi connectivity index (χ4n) is 5.34. The highest BCUT2D eigenvalue weighted by atomic mass is 16.5. The van der Waals surface area contributed by atoms with Gasteiger partial charge in [0.1, 0.15) is 30.3 Å². The molecule has 1 aliphatic carbocycles. The fourth-order valence-corrected chi connectivity index (χ4v) is 5.34. The molecular weight excluding hydrogens is 428 g/mol. The lowest BCUT2D eigenvalue weighted by molar-refractivity contribution is 0.0254. The molecule has 2 saturated heterocycles. The number of aliphatic hydroxyl groups is 1. The highest BCUT2D eigenvalue weighted by Crippen LogP contribution is 2.36. The summed E-state index contributed by atoms with van der Waals surface area (Å²) in [5.41, 5.74) is 5.84. The first-order chi connectivity index (χ1) is 16.7. The average molecular weight is 457 g/mol. The van der Waals surface area contributed by atoms with Crippen molar-refractivity contribution in [2.45, 2.75) is 31.3 Å². The number of allylic oxidation sites excluding steroid dienone is 3. The Bertz CT molecular complexity index is 1180. The Hall–Kier alpha value is -3.31. The van der Waals surface area contributed by atoms with Crippen molar-refractivity contribution in [3.05, 3.63) is 82.7 Å². The van der Waals surface area contributed by atoms with Gasteiger partial charge in [-0.25, -0.2) is 0 Å². The van der Waals surface area contributed by atoms with Gasteiger partial charge in [0.15, 0.2) is 0 Å². The van der Waals surface area contributed by atoms with Crippen LogP contribution in [-0.4, -0.2) is 43.4 Å². The summed E-state index contributed by atoms with van der Waals surface area (Å²) in [7, 11) is 0. The second-order valence-corrected chi connectivity index (χ2v) is 9.33. The van der Waals surface area contributed by atoms with Gasteiger partial charge in [0.25, 0.3) is 0 Å². The van der Waals surface area contributed by atoms with E-state index in [1.807, 2.05) is 30.5 Å². The lowest BCUT2D eigenvalue weighted by atomic mass is 9.87. The van der Waals surface area contributed by atoms with Crippen molar-refractivity contribution < 1.29 is 14.6 Å². The largest absolute Gasteiger partial charge is 0.489 e. The molecule has 7 nitrogen and oxygen atoms in total. The summed E-state index contributed by atoms with van der Waals surface area (Å²) in [5.74, 6) is 1.06. The van der Waals surface area contributed by atoms with Gasteiger partial charge in [-0.15, -0.1) is 0 Å². The van der Waals surface area contributed by atoms with Crippen molar-refractivity contribution in [1.82, 2.24) is 16.0 Å². The molecule has 4 heterocycles. The zero-order chi connectivity index (χ0) is 23.1. The summed E-state index contributed by atoms with van der Waals surface area (Å²) in [6.07, 6.45) is 13.9. The zero-order valence-corrected chi connectivity index (χ0v) is 18.8. The topological polar surface area (TPSA) is 98.6 Å². The van der Waals surface area contributed by atoms with Crippen molar-refractivity contribution >= 4 is 5.57 Å². The predicted octanol–water partition coefficient (Wildman–Crippen LogP) is 2.45. The highest BCUT2D eigenvalue weighted by molar-refractivity contribution is 5.82. The van der Waals surface area contributed by atoms with Gasteiger partial charge in [-0.3, -0.25) is 5.32 Å². The van der Waals surface area contributed by atoms with Gasteiger partial charge in [0, 0.05) is 36.6 Å². The molecule has 1 unspecified atom stereocenters. The van der Waals surface area contributed by atoms with E-state index in [1.54, 1.807) is 0 Å². The van der Waals surface area contributed by atoms with Gasteiger partial charge in [0.2, 0.25) is 0 Å². The third-order valence-corrected chi connectivity index (χ3v) is 7.24. The molecular formula is C27H28N4O3. The lowest BCUT2D eigenvalue weighted by Gasteiger charge is -2.25. The van der Waals surface area contributed by atoms with Gasteiger partial charge in [-0.2, -0.15) is 5.26 Å². The lowest BCUT2D eigenvalue weighted by Crippen LogP contribution is -2.38. The number of nitriles is 1. The van der Waals surface area contributed by atoms with Crippen LogP contribution in [0, 0.1) is 23.2 Å². The summed E-state index contributed by atoms with van der Waals surface area (Å²) in [4.78, 5) is 0. The molecule has 0 bridgehead atoms. The Morgan fingerprint density at radius 1 is 1.18 bits per heavy atom. The molecule has 0 amide bonds. The highest BCUT2D eigenvalue weighted by Gasteiger charge is 2.35. The van der Waals surface area contributed by atoms with Gasteiger partial charge >= 0.3 is 0 Å². The Balaban J connectivity index is 1.30. The quantitative estimate of drug-likeness (QED) is 0.552. The number of dihydropyridines is 1. The standard InChI is InChI=1S/C27H28N4O3/c28-14-19-11-16(3-4-25(19)34-20-6-9-33-10-7-20)21-5-8-29-26-23(21)13-24(31-26)17-1-2-18-15-30-27(32)22(18)12-17/h1-5,8,11-13,18,20,22,26-27,29-32H,6-7,9-10,15H2/t18-,22?,26-,27-/m1/s1. The number of ether oxygens (including phenoxy) is 2. The maximum absolute atomic E-state index is 10.3. The molecule has 5 aliphatic rings. The summed E-state index contributed by atoms with van der Waals surface area (Å²) in [5, 5.41) is 30.1. The number of nitrogens with zero attached hydrogens (tertiary/aromatic N) is 1. The Kier molecular flexibility index (Phi) is 5.50. The molecule has 0 spiro atoms. The monoisotopic (exact) mass is 456 g/mol. The number of nitrogens with one attached hydrogen (secondary N) is 3. The van der Waals surface area contributed by atoms with Crippen LogP contribution in [0.3, 0.4) is 0 Å². The second-order valence-electron chi connectivity index (χ2n) is 9.33. The molecule has 0 aromatic heterocycles. The first kappa shape index (κ1) is 21.2. The van der Waals surface area contributed by atoms with Gasteiger partial charge < -0.3 is 25.2 Å². The SMILES string of the molecule is N#Cc1cc(C2=C3C=C(C4=CC5[C@H](C=C4)CN[C@@H]5O)N[C@H]3NC=C2)ccc1OC1CCOCC1. The van der Waals surface area contributed by atoms with Gasteiger partial charge in [-0.1, -0.05) is 24.3 Å². The summed E-state index contributed by atoms with van der Waals surface area (Å²) < 4.78 is 11.5. The number of rotatable bonds is 4. The number of hydrogen-bond acceptors (Lipinski definition) is 7. The van der Waals surface area contributed by atoms with Crippen LogP contribution in [0.25, 0.3) is 5.57 Å². The van der Waals surface area contributed by atoms with E-state index >= 15 is 0 Å². The summed E-state index contributed by atoms with van der Waals surface area (Å²) in [6.45, 7) is 2.20. The van der Waals surface area contributed by atoms with Crippen molar-refractivity contribution in [1.29, 1.82) is 5.26 Å². The van der Waals surface area contributed by atoms with E-state index in [4.69, 9.17) is 9.47 Å². The molecule has 4 aliphatic heterocycles. The van der Waals surface area contributed by atoms with Crippen LogP contribution in [0.4, 0.5) is 0 Å².